The second-order valence-corrected chi connectivity index (χ2v) is 7.46. The Hall–Kier alpha value is -1.88. The van der Waals surface area contributed by atoms with Crippen LogP contribution in [0.15, 0.2) is 54.6 Å². The maximum absolute atomic E-state index is 5.33. The number of unbranched alkanes of at least 4 members (excludes halogenated alkanes) is 6. The van der Waals surface area contributed by atoms with Crippen LogP contribution in [-0.2, 0) is 20.6 Å². The van der Waals surface area contributed by atoms with Crippen LogP contribution in [0.5, 0.6) is 0 Å². The topological polar surface area (TPSA) is 39.7 Å². The number of nitrogens with one attached hydrogen (secondary N) is 1. The zero-order valence-corrected chi connectivity index (χ0v) is 18.3. The minimum absolute atomic E-state index is 0.769. The van der Waals surface area contributed by atoms with Crippen molar-refractivity contribution < 1.29 is 14.2 Å². The molecule has 29 heavy (non-hydrogen) atoms. The fourth-order valence-corrected chi connectivity index (χ4v) is 3.55. The summed E-state index contributed by atoms with van der Waals surface area (Å²) in [5, 5.41) is 3.43. The maximum atomic E-state index is 5.33. The molecule has 0 heterocycles. The molecule has 160 valence electrons. The normalized spacial score (nSPS) is 11.6. The first-order valence-corrected chi connectivity index (χ1v) is 10.8. The van der Waals surface area contributed by atoms with Gasteiger partial charge in [-0.2, -0.15) is 0 Å². The molecule has 0 atom stereocenters. The SMILES string of the molecule is COC(CCCCCCCCCc1ccc(Nc2ccccc2)cc1)(OC)OC. The van der Waals surface area contributed by atoms with Crippen molar-refractivity contribution in [2.75, 3.05) is 26.6 Å². The van der Waals surface area contributed by atoms with Gasteiger partial charge in [0.25, 0.3) is 5.97 Å². The number of methoxy groups -OCH3 is 3. The third-order valence-electron chi connectivity index (χ3n) is 5.40. The lowest BCUT2D eigenvalue weighted by molar-refractivity contribution is -0.355. The molecule has 0 aliphatic rings. The van der Waals surface area contributed by atoms with Crippen LogP contribution in [0.25, 0.3) is 0 Å². The number of hydrogen-bond donors (Lipinski definition) is 1. The smallest absolute Gasteiger partial charge is 0.282 e. The summed E-state index contributed by atoms with van der Waals surface area (Å²) in [7, 11) is 4.88. The van der Waals surface area contributed by atoms with Gasteiger partial charge in [-0.1, -0.05) is 62.4 Å². The molecule has 0 saturated carbocycles. The van der Waals surface area contributed by atoms with Gasteiger partial charge in [-0.15, -0.1) is 0 Å². The highest BCUT2D eigenvalue weighted by atomic mass is 16.9. The lowest BCUT2D eigenvalue weighted by atomic mass is 10.0. The summed E-state index contributed by atoms with van der Waals surface area (Å²) in [6, 6.07) is 19.1. The van der Waals surface area contributed by atoms with Crippen LogP contribution in [0.3, 0.4) is 0 Å². The molecule has 0 amide bonds. The van der Waals surface area contributed by atoms with Gasteiger partial charge < -0.3 is 19.5 Å². The molecule has 0 aliphatic heterocycles. The summed E-state index contributed by atoms with van der Waals surface area (Å²) in [6.07, 6.45) is 10.6. The molecule has 0 radical (unpaired) electrons. The molecule has 2 aromatic rings. The number of hydrogen-bond acceptors (Lipinski definition) is 4. The van der Waals surface area contributed by atoms with E-state index in [-0.39, 0.29) is 0 Å². The first kappa shape index (κ1) is 23.4. The molecular weight excluding hydrogens is 362 g/mol. The minimum Gasteiger partial charge on any atom is -0.356 e. The fourth-order valence-electron chi connectivity index (χ4n) is 3.55. The Bertz CT molecular complexity index is 645. The summed E-state index contributed by atoms with van der Waals surface area (Å²) in [4.78, 5) is 0. The monoisotopic (exact) mass is 399 g/mol. The fraction of sp³-hybridized carbons (Fsp3) is 0.520. The van der Waals surface area contributed by atoms with Gasteiger partial charge in [-0.3, -0.25) is 0 Å². The molecule has 0 aromatic heterocycles. The van der Waals surface area contributed by atoms with Gasteiger partial charge in [0.15, 0.2) is 0 Å². The van der Waals surface area contributed by atoms with Crippen molar-refractivity contribution >= 4 is 11.4 Å². The third-order valence-corrected chi connectivity index (χ3v) is 5.40. The van der Waals surface area contributed by atoms with Crippen LogP contribution in [0.4, 0.5) is 11.4 Å². The van der Waals surface area contributed by atoms with Crippen molar-refractivity contribution in [3.05, 3.63) is 60.2 Å². The number of aryl methyl sites for hydroxylation is 1. The van der Waals surface area contributed by atoms with Gasteiger partial charge in [0.05, 0.1) is 0 Å². The van der Waals surface area contributed by atoms with E-state index in [1.807, 2.05) is 18.2 Å². The average molecular weight is 400 g/mol. The Morgan fingerprint density at radius 2 is 1.14 bits per heavy atom. The van der Waals surface area contributed by atoms with E-state index in [0.717, 1.165) is 30.6 Å². The van der Waals surface area contributed by atoms with Crippen molar-refractivity contribution in [1.82, 2.24) is 0 Å². The predicted octanol–water partition coefficient (Wildman–Crippen LogP) is 6.69. The zero-order valence-electron chi connectivity index (χ0n) is 18.3. The van der Waals surface area contributed by atoms with Crippen LogP contribution in [0.1, 0.15) is 56.9 Å². The van der Waals surface area contributed by atoms with Crippen LogP contribution < -0.4 is 5.32 Å². The predicted molar refractivity (Wildman–Crippen MR) is 121 cm³/mol. The first-order valence-electron chi connectivity index (χ1n) is 10.8. The highest BCUT2D eigenvalue weighted by molar-refractivity contribution is 5.59. The standard InChI is InChI=1S/C25H37NO3/c1-27-25(28-2,29-3)21-13-8-6-4-5-7-10-14-22-17-19-24(20-18-22)26-23-15-11-9-12-16-23/h9,11-12,15-20,26H,4-8,10,13-14,21H2,1-3H3. The molecule has 0 fully saturated rings. The second kappa shape index (κ2) is 13.4. The van der Waals surface area contributed by atoms with Crippen molar-refractivity contribution in [2.24, 2.45) is 0 Å². The Kier molecular flexibility index (Phi) is 10.8. The van der Waals surface area contributed by atoms with Gasteiger partial charge >= 0.3 is 0 Å². The van der Waals surface area contributed by atoms with Crippen molar-refractivity contribution in [3.8, 4) is 0 Å². The Labute approximate surface area is 176 Å². The van der Waals surface area contributed by atoms with E-state index < -0.39 is 5.97 Å². The quantitative estimate of drug-likeness (QED) is 0.268. The third kappa shape index (κ3) is 8.57. The summed E-state index contributed by atoms with van der Waals surface area (Å²) < 4.78 is 16.0. The van der Waals surface area contributed by atoms with Crippen molar-refractivity contribution in [1.29, 1.82) is 0 Å². The van der Waals surface area contributed by atoms with Gasteiger partial charge in [-0.25, -0.2) is 0 Å². The van der Waals surface area contributed by atoms with E-state index in [1.165, 1.54) is 44.1 Å². The number of rotatable bonds is 15. The molecule has 2 rings (SSSR count). The number of benzene rings is 2. The van der Waals surface area contributed by atoms with Gasteiger partial charge in [0.2, 0.25) is 0 Å². The Morgan fingerprint density at radius 3 is 1.72 bits per heavy atom. The lowest BCUT2D eigenvalue weighted by Gasteiger charge is -2.28. The van der Waals surface area contributed by atoms with E-state index in [9.17, 15) is 0 Å². The Balaban J connectivity index is 1.52. The molecule has 1 N–H and O–H groups in total. The van der Waals surface area contributed by atoms with E-state index in [2.05, 4.69) is 41.7 Å². The maximum Gasteiger partial charge on any atom is 0.282 e. The van der Waals surface area contributed by atoms with E-state index in [1.54, 1.807) is 21.3 Å². The minimum atomic E-state index is -0.869. The molecule has 0 bridgehead atoms. The summed E-state index contributed by atoms with van der Waals surface area (Å²) >= 11 is 0. The largest absolute Gasteiger partial charge is 0.356 e. The molecular formula is C25H37NO3. The average Bonchev–Trinajstić information content (AvgIpc) is 2.77. The summed E-state index contributed by atoms with van der Waals surface area (Å²) in [6.45, 7) is 0. The highest BCUT2D eigenvalue weighted by Crippen LogP contribution is 2.22. The van der Waals surface area contributed by atoms with Crippen LogP contribution >= 0.6 is 0 Å². The zero-order chi connectivity index (χ0) is 20.8. The van der Waals surface area contributed by atoms with Gasteiger partial charge in [-0.05, 0) is 49.1 Å². The van der Waals surface area contributed by atoms with Crippen molar-refractivity contribution in [2.45, 2.75) is 63.8 Å². The molecule has 0 unspecified atom stereocenters. The van der Waals surface area contributed by atoms with Crippen LogP contribution in [0.2, 0.25) is 0 Å². The van der Waals surface area contributed by atoms with Crippen LogP contribution in [0, 0.1) is 0 Å². The van der Waals surface area contributed by atoms with Gasteiger partial charge in [0, 0.05) is 39.1 Å². The van der Waals surface area contributed by atoms with Crippen LogP contribution in [-0.4, -0.2) is 27.3 Å². The second-order valence-electron chi connectivity index (χ2n) is 7.46. The Morgan fingerprint density at radius 1 is 0.621 bits per heavy atom. The van der Waals surface area contributed by atoms with E-state index >= 15 is 0 Å². The highest BCUT2D eigenvalue weighted by Gasteiger charge is 2.28. The lowest BCUT2D eigenvalue weighted by Crippen LogP contribution is -2.35. The number of anilines is 2. The first-order chi connectivity index (χ1) is 14.2. The molecule has 2 aromatic carbocycles. The van der Waals surface area contributed by atoms with Crippen molar-refractivity contribution in [3.63, 3.8) is 0 Å². The molecule has 4 nitrogen and oxygen atoms in total. The summed E-state index contributed by atoms with van der Waals surface area (Å²) in [5.41, 5.74) is 3.68. The van der Waals surface area contributed by atoms with Gasteiger partial charge in [0.1, 0.15) is 0 Å². The molecule has 0 spiro atoms. The number of para-hydroxylation sites is 1. The summed E-state index contributed by atoms with van der Waals surface area (Å²) in [5.74, 6) is -0.869. The molecule has 4 heteroatoms. The number of ether oxygens (including phenoxy) is 3. The van der Waals surface area contributed by atoms with E-state index in [4.69, 9.17) is 14.2 Å². The van der Waals surface area contributed by atoms with E-state index in [0.29, 0.717) is 0 Å². The molecule has 0 saturated heterocycles. The molecule has 0 aliphatic carbocycles.